The third-order valence-corrected chi connectivity index (χ3v) is 4.82. The molecule has 2 unspecified atom stereocenters. The molecule has 0 radical (unpaired) electrons. The van der Waals surface area contributed by atoms with Crippen LogP contribution in [0.15, 0.2) is 36.7 Å². The molecular formula is C21H31N3O3. The Bertz CT molecular complexity index is 716. The molecule has 1 aromatic heterocycles. The average molecular weight is 373 g/mol. The summed E-state index contributed by atoms with van der Waals surface area (Å²) in [6, 6.07) is 8.04. The van der Waals surface area contributed by atoms with Crippen LogP contribution in [0.1, 0.15) is 30.9 Å². The van der Waals surface area contributed by atoms with E-state index in [0.717, 1.165) is 30.9 Å². The first kappa shape index (κ1) is 19.9. The van der Waals surface area contributed by atoms with Crippen molar-refractivity contribution in [3.8, 4) is 5.75 Å². The maximum atomic E-state index is 10.4. The molecule has 1 N–H and O–H groups in total. The molecule has 148 valence electrons. The number of ether oxygens (including phenoxy) is 2. The van der Waals surface area contributed by atoms with Gasteiger partial charge in [0.05, 0.1) is 25.5 Å². The molecule has 0 amide bonds. The molecule has 27 heavy (non-hydrogen) atoms. The van der Waals surface area contributed by atoms with Crippen LogP contribution in [0.4, 0.5) is 0 Å². The lowest BCUT2D eigenvalue weighted by atomic mass is 10.0. The summed E-state index contributed by atoms with van der Waals surface area (Å²) in [5, 5.41) is 14.8. The molecule has 1 aliphatic heterocycles. The van der Waals surface area contributed by atoms with Crippen molar-refractivity contribution in [2.75, 3.05) is 32.8 Å². The first-order chi connectivity index (χ1) is 13.0. The van der Waals surface area contributed by atoms with E-state index in [1.807, 2.05) is 42.2 Å². The minimum atomic E-state index is -0.532. The minimum Gasteiger partial charge on any atom is -0.491 e. The topological polar surface area (TPSA) is 59.8 Å². The van der Waals surface area contributed by atoms with E-state index < -0.39 is 6.10 Å². The van der Waals surface area contributed by atoms with Crippen molar-refractivity contribution in [2.24, 2.45) is 0 Å². The normalized spacial score (nSPS) is 19.4. The van der Waals surface area contributed by atoms with Crippen LogP contribution < -0.4 is 4.74 Å². The van der Waals surface area contributed by atoms with Crippen molar-refractivity contribution in [1.82, 2.24) is 14.7 Å². The van der Waals surface area contributed by atoms with Crippen molar-refractivity contribution < 1.29 is 14.6 Å². The van der Waals surface area contributed by atoms with Crippen LogP contribution in [-0.4, -0.2) is 64.8 Å². The minimum absolute atomic E-state index is 0.0906. The number of aliphatic hydroxyl groups excluding tert-OH is 1. The monoisotopic (exact) mass is 373 g/mol. The molecule has 0 spiro atoms. The Morgan fingerprint density at radius 2 is 2.15 bits per heavy atom. The second kappa shape index (κ2) is 9.35. The van der Waals surface area contributed by atoms with E-state index >= 15 is 0 Å². The van der Waals surface area contributed by atoms with Crippen molar-refractivity contribution in [2.45, 2.75) is 45.4 Å². The molecule has 2 heterocycles. The number of para-hydroxylation sites is 1. The molecule has 3 rings (SSSR count). The maximum absolute atomic E-state index is 10.4. The van der Waals surface area contributed by atoms with Gasteiger partial charge in [-0.3, -0.25) is 9.58 Å². The van der Waals surface area contributed by atoms with Gasteiger partial charge in [0.15, 0.2) is 0 Å². The standard InChI is InChI=1S/C21H31N3O3/c1-16(2)20-6-4-5-7-21(20)27-15-18(25)12-23-8-9-26-19(13-23)14-24-11-17(3)10-22-24/h4-7,10-11,16,18-19,25H,8-9,12-15H2,1-3H3. The van der Waals surface area contributed by atoms with Gasteiger partial charge in [-0.25, -0.2) is 0 Å². The quantitative estimate of drug-likeness (QED) is 0.770. The number of hydrogen-bond acceptors (Lipinski definition) is 5. The molecule has 0 bridgehead atoms. The van der Waals surface area contributed by atoms with Crippen molar-refractivity contribution in [3.63, 3.8) is 0 Å². The van der Waals surface area contributed by atoms with E-state index in [4.69, 9.17) is 9.47 Å². The highest BCUT2D eigenvalue weighted by molar-refractivity contribution is 5.35. The van der Waals surface area contributed by atoms with Gasteiger partial charge in [-0.15, -0.1) is 0 Å². The van der Waals surface area contributed by atoms with Crippen LogP contribution in [0.5, 0.6) is 5.75 Å². The van der Waals surface area contributed by atoms with Crippen LogP contribution in [0.2, 0.25) is 0 Å². The van der Waals surface area contributed by atoms with E-state index in [2.05, 4.69) is 29.9 Å². The van der Waals surface area contributed by atoms with Gasteiger partial charge in [0.1, 0.15) is 18.5 Å². The van der Waals surface area contributed by atoms with Crippen LogP contribution in [0, 0.1) is 6.92 Å². The molecular weight excluding hydrogens is 342 g/mol. The molecule has 0 saturated carbocycles. The van der Waals surface area contributed by atoms with Gasteiger partial charge in [-0.1, -0.05) is 32.0 Å². The number of aromatic nitrogens is 2. The van der Waals surface area contributed by atoms with Crippen molar-refractivity contribution in [3.05, 3.63) is 47.8 Å². The van der Waals surface area contributed by atoms with Crippen molar-refractivity contribution >= 4 is 0 Å². The highest BCUT2D eigenvalue weighted by Crippen LogP contribution is 2.25. The fraction of sp³-hybridized carbons (Fsp3) is 0.571. The third kappa shape index (κ3) is 5.79. The van der Waals surface area contributed by atoms with Gasteiger partial charge in [0.2, 0.25) is 0 Å². The van der Waals surface area contributed by atoms with Crippen LogP contribution in [-0.2, 0) is 11.3 Å². The Kier molecular flexibility index (Phi) is 6.88. The van der Waals surface area contributed by atoms with E-state index in [0.29, 0.717) is 25.7 Å². The van der Waals surface area contributed by atoms with Crippen LogP contribution >= 0.6 is 0 Å². The summed E-state index contributed by atoms with van der Waals surface area (Å²) < 4.78 is 13.7. The van der Waals surface area contributed by atoms with E-state index in [1.54, 1.807) is 0 Å². The number of aryl methyl sites for hydroxylation is 1. The second-order valence-electron chi connectivity index (χ2n) is 7.65. The van der Waals surface area contributed by atoms with E-state index in [1.165, 1.54) is 5.56 Å². The zero-order valence-corrected chi connectivity index (χ0v) is 16.5. The number of morpholine rings is 1. The van der Waals surface area contributed by atoms with Gasteiger partial charge in [0.25, 0.3) is 0 Å². The smallest absolute Gasteiger partial charge is 0.122 e. The number of β-amino-alcohol motifs (C(OH)–C–C–N with tert-alkyl or cyclic N) is 1. The van der Waals surface area contributed by atoms with Crippen LogP contribution in [0.3, 0.4) is 0 Å². The fourth-order valence-electron chi connectivity index (χ4n) is 3.46. The molecule has 0 aliphatic carbocycles. The summed E-state index contributed by atoms with van der Waals surface area (Å²) in [6.07, 6.45) is 3.44. The second-order valence-corrected chi connectivity index (χ2v) is 7.65. The molecule has 1 aliphatic rings. The van der Waals surface area contributed by atoms with Gasteiger partial charge in [-0.2, -0.15) is 5.10 Å². The van der Waals surface area contributed by atoms with Gasteiger partial charge in [-0.05, 0) is 30.0 Å². The molecule has 2 aromatic rings. The molecule has 6 heteroatoms. The molecule has 1 aromatic carbocycles. The zero-order chi connectivity index (χ0) is 19.2. The predicted octanol–water partition coefficient (Wildman–Crippen LogP) is 2.46. The Labute approximate surface area is 161 Å². The van der Waals surface area contributed by atoms with Gasteiger partial charge in [0, 0.05) is 25.8 Å². The van der Waals surface area contributed by atoms with Crippen LogP contribution in [0.25, 0.3) is 0 Å². The SMILES string of the molecule is Cc1cnn(CC2CN(CC(O)COc3ccccc3C(C)C)CCO2)c1. The summed E-state index contributed by atoms with van der Waals surface area (Å²) in [5.41, 5.74) is 2.32. The summed E-state index contributed by atoms with van der Waals surface area (Å²) in [5.74, 6) is 1.25. The molecule has 2 atom stereocenters. The largest absolute Gasteiger partial charge is 0.491 e. The lowest BCUT2D eigenvalue weighted by molar-refractivity contribution is -0.0517. The number of hydrogen-bond donors (Lipinski definition) is 1. The molecule has 1 fully saturated rings. The third-order valence-electron chi connectivity index (χ3n) is 4.82. The number of rotatable bonds is 8. The first-order valence-corrected chi connectivity index (χ1v) is 9.74. The maximum Gasteiger partial charge on any atom is 0.122 e. The van der Waals surface area contributed by atoms with Crippen molar-refractivity contribution in [1.29, 1.82) is 0 Å². The van der Waals surface area contributed by atoms with E-state index in [9.17, 15) is 5.11 Å². The molecule has 1 saturated heterocycles. The van der Waals surface area contributed by atoms with Gasteiger partial charge >= 0.3 is 0 Å². The first-order valence-electron chi connectivity index (χ1n) is 9.74. The van der Waals surface area contributed by atoms with Gasteiger partial charge < -0.3 is 14.6 Å². The number of aliphatic hydroxyl groups is 1. The number of nitrogens with zero attached hydrogens (tertiary/aromatic N) is 3. The summed E-state index contributed by atoms with van der Waals surface area (Å²) >= 11 is 0. The molecule has 6 nitrogen and oxygen atoms in total. The van der Waals surface area contributed by atoms with E-state index in [-0.39, 0.29) is 6.10 Å². The number of benzene rings is 1. The Balaban J connectivity index is 1.47. The summed E-state index contributed by atoms with van der Waals surface area (Å²) in [6.45, 7) is 10.2. The predicted molar refractivity (Wildman–Crippen MR) is 105 cm³/mol. The zero-order valence-electron chi connectivity index (χ0n) is 16.5. The average Bonchev–Trinajstić information content (AvgIpc) is 3.05. The highest BCUT2D eigenvalue weighted by atomic mass is 16.5. The lowest BCUT2D eigenvalue weighted by Gasteiger charge is -2.34. The highest BCUT2D eigenvalue weighted by Gasteiger charge is 2.23. The Morgan fingerprint density at radius 1 is 1.33 bits per heavy atom. The Hall–Kier alpha value is -1.89. The summed E-state index contributed by atoms with van der Waals surface area (Å²) in [7, 11) is 0. The lowest BCUT2D eigenvalue weighted by Crippen LogP contribution is -2.47. The fourth-order valence-corrected chi connectivity index (χ4v) is 3.46. The Morgan fingerprint density at radius 3 is 2.89 bits per heavy atom. The summed E-state index contributed by atoms with van der Waals surface area (Å²) in [4.78, 5) is 2.24.